The Hall–Kier alpha value is -2.05. The molecule has 1 aromatic heterocycles. The molecule has 8 heteroatoms. The lowest BCUT2D eigenvalue weighted by atomic mass is 10.1. The number of carboxylic acids is 1. The maximum absolute atomic E-state index is 12.0. The van der Waals surface area contributed by atoms with E-state index in [1.807, 2.05) is 0 Å². The first-order valence-electron chi connectivity index (χ1n) is 8.34. The van der Waals surface area contributed by atoms with Crippen molar-refractivity contribution in [3.05, 3.63) is 40.3 Å². The molecule has 0 spiro atoms. The van der Waals surface area contributed by atoms with Gasteiger partial charge in [-0.25, -0.2) is 9.78 Å². The van der Waals surface area contributed by atoms with Gasteiger partial charge in [-0.3, -0.25) is 4.79 Å². The van der Waals surface area contributed by atoms with E-state index in [1.54, 1.807) is 18.2 Å². The van der Waals surface area contributed by atoms with Crippen molar-refractivity contribution in [3.8, 4) is 11.3 Å². The molecule has 1 fully saturated rings. The van der Waals surface area contributed by atoms with Crippen molar-refractivity contribution in [2.75, 3.05) is 0 Å². The lowest BCUT2D eigenvalue weighted by molar-refractivity contribution is -0.142. The molecule has 0 radical (unpaired) electrons. The number of nitrogens with zero attached hydrogens (tertiary/aromatic N) is 1. The molecule has 1 saturated carbocycles. The van der Waals surface area contributed by atoms with Gasteiger partial charge in [0, 0.05) is 23.4 Å². The molecule has 3 rings (SSSR count). The summed E-state index contributed by atoms with van der Waals surface area (Å²) < 4.78 is 5.63. The number of aryl methyl sites for hydroxylation is 1. The smallest absolute Gasteiger partial charge is 0.326 e. The van der Waals surface area contributed by atoms with Gasteiger partial charge >= 0.3 is 5.97 Å². The van der Waals surface area contributed by atoms with E-state index in [4.69, 9.17) is 27.6 Å². The van der Waals surface area contributed by atoms with Gasteiger partial charge in [0.2, 0.25) is 5.91 Å². The summed E-state index contributed by atoms with van der Waals surface area (Å²) in [4.78, 5) is 27.4. The predicted molar refractivity (Wildman–Crippen MR) is 97.2 cm³/mol. The van der Waals surface area contributed by atoms with Crippen LogP contribution in [-0.2, 0) is 16.0 Å². The van der Waals surface area contributed by atoms with Crippen LogP contribution < -0.4 is 5.32 Å². The minimum atomic E-state index is -0.999. The Kier molecular flexibility index (Phi) is 5.84. The van der Waals surface area contributed by atoms with E-state index in [-0.39, 0.29) is 18.7 Å². The second-order valence-electron chi connectivity index (χ2n) is 6.38. The lowest BCUT2D eigenvalue weighted by Gasteiger charge is -2.13. The van der Waals surface area contributed by atoms with E-state index >= 15 is 0 Å². The monoisotopic (exact) mass is 396 g/mol. The normalized spacial score (nSPS) is 14.8. The van der Waals surface area contributed by atoms with Crippen molar-refractivity contribution in [1.29, 1.82) is 0 Å². The first kappa shape index (κ1) is 18.7. The zero-order chi connectivity index (χ0) is 18.7. The summed E-state index contributed by atoms with van der Waals surface area (Å²) in [5.74, 6) is -0.0485. The van der Waals surface area contributed by atoms with Crippen molar-refractivity contribution in [3.63, 3.8) is 0 Å². The van der Waals surface area contributed by atoms with Crippen molar-refractivity contribution < 1.29 is 19.1 Å². The first-order valence-corrected chi connectivity index (χ1v) is 9.10. The lowest BCUT2D eigenvalue weighted by Crippen LogP contribution is -2.41. The Labute approximate surface area is 160 Å². The van der Waals surface area contributed by atoms with E-state index in [0.717, 1.165) is 12.8 Å². The van der Waals surface area contributed by atoms with E-state index in [9.17, 15) is 14.7 Å². The first-order chi connectivity index (χ1) is 12.4. The minimum absolute atomic E-state index is 0.1000. The third-order valence-corrected chi connectivity index (χ3v) is 4.76. The van der Waals surface area contributed by atoms with Crippen LogP contribution >= 0.6 is 23.2 Å². The summed E-state index contributed by atoms with van der Waals surface area (Å²) >= 11 is 12.0. The number of amides is 1. The second kappa shape index (κ2) is 8.10. The Balaban J connectivity index is 1.55. The molecule has 0 aliphatic heterocycles. The maximum atomic E-state index is 12.0. The van der Waals surface area contributed by atoms with Crippen molar-refractivity contribution in [2.24, 2.45) is 5.92 Å². The number of aromatic nitrogens is 1. The number of carbonyl (C=O) groups is 2. The summed E-state index contributed by atoms with van der Waals surface area (Å²) in [5, 5.41) is 12.7. The molecular weight excluding hydrogens is 379 g/mol. The number of hydrogen-bond donors (Lipinski definition) is 2. The van der Waals surface area contributed by atoms with Gasteiger partial charge in [0.05, 0.1) is 11.2 Å². The van der Waals surface area contributed by atoms with Crippen LogP contribution in [0.3, 0.4) is 0 Å². The van der Waals surface area contributed by atoms with Gasteiger partial charge in [0.25, 0.3) is 0 Å². The van der Waals surface area contributed by atoms with Gasteiger partial charge in [0.1, 0.15) is 6.04 Å². The van der Waals surface area contributed by atoms with Gasteiger partial charge in [-0.05, 0) is 30.5 Å². The molecule has 0 bridgehead atoms. The van der Waals surface area contributed by atoms with Crippen molar-refractivity contribution in [2.45, 2.75) is 38.1 Å². The topological polar surface area (TPSA) is 92.4 Å². The number of benzene rings is 1. The van der Waals surface area contributed by atoms with Gasteiger partial charge in [-0.15, -0.1) is 0 Å². The second-order valence-corrected chi connectivity index (χ2v) is 7.22. The number of aliphatic carboxylic acids is 1. The standard InChI is InChI=1S/C18H18Cl2N2O4/c19-11-3-4-12(13(20)8-11)15-9-21-17(26-15)6-5-16(23)22-14(18(24)25)7-10-1-2-10/h3-4,8-10,14H,1-2,5-7H2,(H,22,23)(H,24,25). The molecule has 138 valence electrons. The van der Waals surface area contributed by atoms with E-state index in [2.05, 4.69) is 10.3 Å². The zero-order valence-electron chi connectivity index (χ0n) is 13.9. The molecule has 26 heavy (non-hydrogen) atoms. The molecule has 1 aromatic carbocycles. The number of oxazole rings is 1. The summed E-state index contributed by atoms with van der Waals surface area (Å²) in [6.45, 7) is 0. The number of rotatable bonds is 8. The maximum Gasteiger partial charge on any atom is 0.326 e. The molecule has 2 aromatic rings. The molecule has 1 aliphatic rings. The molecule has 6 nitrogen and oxygen atoms in total. The van der Waals surface area contributed by atoms with E-state index < -0.39 is 12.0 Å². The highest BCUT2D eigenvalue weighted by Gasteiger charge is 2.30. The molecular formula is C18H18Cl2N2O4. The van der Waals surface area contributed by atoms with Gasteiger partial charge < -0.3 is 14.8 Å². The quantitative estimate of drug-likeness (QED) is 0.704. The van der Waals surface area contributed by atoms with Crippen LogP contribution in [0.15, 0.2) is 28.8 Å². The fourth-order valence-corrected chi connectivity index (χ4v) is 3.14. The molecule has 2 N–H and O–H groups in total. The number of hydrogen-bond acceptors (Lipinski definition) is 4. The molecule has 1 atom stereocenters. The number of nitrogens with one attached hydrogen (secondary N) is 1. The Bertz CT molecular complexity index is 817. The SMILES string of the molecule is O=C(CCc1ncc(-c2ccc(Cl)cc2Cl)o1)NC(CC1CC1)C(=O)O. The van der Waals surface area contributed by atoms with Gasteiger partial charge in [-0.2, -0.15) is 0 Å². The molecule has 1 aliphatic carbocycles. The Morgan fingerprint density at radius 3 is 2.77 bits per heavy atom. The number of carboxylic acid groups (broad SMARTS) is 1. The van der Waals surface area contributed by atoms with Crippen LogP contribution in [0.2, 0.25) is 10.0 Å². The van der Waals surface area contributed by atoms with Crippen LogP contribution in [0.5, 0.6) is 0 Å². The fraction of sp³-hybridized carbons (Fsp3) is 0.389. The minimum Gasteiger partial charge on any atom is -0.480 e. The average molecular weight is 397 g/mol. The van der Waals surface area contributed by atoms with Crippen LogP contribution in [0.4, 0.5) is 0 Å². The Morgan fingerprint density at radius 2 is 2.12 bits per heavy atom. The summed E-state index contributed by atoms with van der Waals surface area (Å²) in [6.07, 6.45) is 4.46. The van der Waals surface area contributed by atoms with Crippen molar-refractivity contribution >= 4 is 35.1 Å². The average Bonchev–Trinajstić information content (AvgIpc) is 3.27. The fourth-order valence-electron chi connectivity index (χ4n) is 2.63. The molecule has 1 amide bonds. The summed E-state index contributed by atoms with van der Waals surface area (Å²) in [6, 6.07) is 4.21. The number of carbonyl (C=O) groups excluding carboxylic acids is 1. The molecule has 1 heterocycles. The Morgan fingerprint density at radius 1 is 1.35 bits per heavy atom. The van der Waals surface area contributed by atoms with Crippen LogP contribution in [0.25, 0.3) is 11.3 Å². The van der Waals surface area contributed by atoms with E-state index in [0.29, 0.717) is 39.6 Å². The highest BCUT2D eigenvalue weighted by molar-refractivity contribution is 6.36. The highest BCUT2D eigenvalue weighted by atomic mass is 35.5. The summed E-state index contributed by atoms with van der Waals surface area (Å²) in [5.41, 5.74) is 0.662. The molecule has 1 unspecified atom stereocenters. The molecule has 0 saturated heterocycles. The summed E-state index contributed by atoms with van der Waals surface area (Å²) in [7, 11) is 0. The third-order valence-electron chi connectivity index (χ3n) is 4.22. The van der Waals surface area contributed by atoms with Crippen LogP contribution in [0.1, 0.15) is 31.6 Å². The highest BCUT2D eigenvalue weighted by Crippen LogP contribution is 2.33. The predicted octanol–water partition coefficient (Wildman–Crippen LogP) is 3.95. The number of halogens is 2. The largest absolute Gasteiger partial charge is 0.480 e. The van der Waals surface area contributed by atoms with Crippen LogP contribution in [0, 0.1) is 5.92 Å². The van der Waals surface area contributed by atoms with Crippen LogP contribution in [-0.4, -0.2) is 28.0 Å². The van der Waals surface area contributed by atoms with Crippen molar-refractivity contribution in [1.82, 2.24) is 10.3 Å². The zero-order valence-corrected chi connectivity index (χ0v) is 15.4. The van der Waals surface area contributed by atoms with Gasteiger partial charge in [-0.1, -0.05) is 36.0 Å². The third kappa shape index (κ3) is 4.99. The van der Waals surface area contributed by atoms with E-state index in [1.165, 1.54) is 6.20 Å². The van der Waals surface area contributed by atoms with Gasteiger partial charge in [0.15, 0.2) is 11.7 Å².